The van der Waals surface area contributed by atoms with Gasteiger partial charge in [-0.1, -0.05) is 220 Å². The monoisotopic (exact) mass is 845 g/mol. The second-order valence-electron chi connectivity index (χ2n) is 15.8. The van der Waals surface area contributed by atoms with Crippen molar-refractivity contribution < 1.29 is 28.6 Å². The van der Waals surface area contributed by atoms with Gasteiger partial charge in [-0.05, 0) is 70.6 Å². The number of hydrogen-bond acceptors (Lipinski definition) is 6. The molecule has 0 aliphatic heterocycles. The van der Waals surface area contributed by atoms with Crippen molar-refractivity contribution in [3.63, 3.8) is 0 Å². The van der Waals surface area contributed by atoms with Crippen LogP contribution in [0.15, 0.2) is 109 Å². The van der Waals surface area contributed by atoms with Crippen LogP contribution in [0.5, 0.6) is 0 Å². The summed E-state index contributed by atoms with van der Waals surface area (Å²) in [6.07, 6.45) is 65.1. The maximum Gasteiger partial charge on any atom is 0.306 e. The molecule has 0 bridgehead atoms. The number of hydrogen-bond donors (Lipinski definition) is 0. The fourth-order valence-electron chi connectivity index (χ4n) is 6.23. The van der Waals surface area contributed by atoms with Gasteiger partial charge in [0, 0.05) is 19.3 Å². The minimum absolute atomic E-state index is 0.124. The summed E-state index contributed by atoms with van der Waals surface area (Å²) in [4.78, 5) is 37.8. The van der Waals surface area contributed by atoms with E-state index in [9.17, 15) is 14.4 Å². The highest BCUT2D eigenvalue weighted by Crippen LogP contribution is 2.14. The van der Waals surface area contributed by atoms with Crippen LogP contribution in [-0.2, 0) is 28.6 Å². The zero-order valence-corrected chi connectivity index (χ0v) is 39.1. The lowest BCUT2D eigenvalue weighted by atomic mass is 10.0. The third-order valence-electron chi connectivity index (χ3n) is 9.89. The molecule has 0 spiro atoms. The summed E-state index contributed by atoms with van der Waals surface area (Å²) in [5.41, 5.74) is 0. The van der Waals surface area contributed by atoms with E-state index in [4.69, 9.17) is 14.2 Å². The van der Waals surface area contributed by atoms with Crippen LogP contribution in [-0.4, -0.2) is 37.2 Å². The first kappa shape index (κ1) is 57.1. The van der Waals surface area contributed by atoms with Gasteiger partial charge in [0.05, 0.1) is 0 Å². The molecule has 6 heteroatoms. The Morgan fingerprint density at radius 1 is 0.361 bits per heavy atom. The van der Waals surface area contributed by atoms with Gasteiger partial charge in [-0.15, -0.1) is 0 Å². The van der Waals surface area contributed by atoms with Gasteiger partial charge in [-0.2, -0.15) is 0 Å². The summed E-state index contributed by atoms with van der Waals surface area (Å²) in [6, 6.07) is 0. The molecule has 0 amide bonds. The summed E-state index contributed by atoms with van der Waals surface area (Å²) < 4.78 is 16.6. The maximum absolute atomic E-state index is 12.7. The predicted octanol–water partition coefficient (Wildman–Crippen LogP) is 16.0. The van der Waals surface area contributed by atoms with Crippen molar-refractivity contribution in [2.75, 3.05) is 13.2 Å². The number of carbonyl (C=O) groups excluding carboxylic acids is 3. The van der Waals surface area contributed by atoms with E-state index in [-0.39, 0.29) is 38.0 Å². The van der Waals surface area contributed by atoms with Gasteiger partial charge in [0.2, 0.25) is 0 Å². The second-order valence-corrected chi connectivity index (χ2v) is 15.8. The first-order chi connectivity index (χ1) is 30.0. The lowest BCUT2D eigenvalue weighted by Crippen LogP contribution is -2.30. The first-order valence-corrected chi connectivity index (χ1v) is 24.5. The Kier molecular flexibility index (Phi) is 45.6. The highest BCUT2D eigenvalue weighted by Gasteiger charge is 2.19. The minimum atomic E-state index is -0.836. The van der Waals surface area contributed by atoms with Crippen molar-refractivity contribution in [2.45, 2.75) is 207 Å². The molecule has 0 saturated heterocycles. The van der Waals surface area contributed by atoms with Crippen LogP contribution >= 0.6 is 0 Å². The molecule has 0 saturated carbocycles. The van der Waals surface area contributed by atoms with Crippen molar-refractivity contribution in [3.05, 3.63) is 109 Å². The average Bonchev–Trinajstić information content (AvgIpc) is 3.26. The zero-order valence-electron chi connectivity index (χ0n) is 39.1. The Labute approximate surface area is 374 Å². The topological polar surface area (TPSA) is 78.9 Å². The molecule has 6 nitrogen and oxygen atoms in total. The summed E-state index contributed by atoms with van der Waals surface area (Å²) in [6.45, 7) is 6.33. The fraction of sp³-hybridized carbons (Fsp3) is 0.618. The van der Waals surface area contributed by atoms with Gasteiger partial charge in [0.1, 0.15) is 13.2 Å². The summed E-state index contributed by atoms with van der Waals surface area (Å²) in [5, 5.41) is 0. The smallest absolute Gasteiger partial charge is 0.306 e. The number of ether oxygens (including phenoxy) is 3. The largest absolute Gasteiger partial charge is 0.462 e. The molecular weight excluding hydrogens is 757 g/mol. The number of esters is 3. The van der Waals surface area contributed by atoms with E-state index < -0.39 is 12.1 Å². The van der Waals surface area contributed by atoms with E-state index in [1.54, 1.807) is 0 Å². The van der Waals surface area contributed by atoms with Gasteiger partial charge >= 0.3 is 17.9 Å². The van der Waals surface area contributed by atoms with Crippen molar-refractivity contribution >= 4 is 17.9 Å². The van der Waals surface area contributed by atoms with E-state index in [0.717, 1.165) is 57.8 Å². The molecular formula is C55H88O6. The Balaban J connectivity index is 4.58. The third-order valence-corrected chi connectivity index (χ3v) is 9.89. The first-order valence-electron chi connectivity index (χ1n) is 24.5. The highest BCUT2D eigenvalue weighted by atomic mass is 16.6. The standard InChI is InChI=1S/C55H88O6/c1-4-7-10-13-16-19-22-25-26-27-28-31-33-36-39-42-45-48-54(57)60-51-52(61-55(58)49-46-43-40-37-34-30-24-21-18-15-12-9-6-3)50-59-53(56)47-44-41-38-35-32-29-23-20-17-14-11-8-5-2/h9,12,15-16,18-19,21,24-26,28,30-31,34,36-37,39-40,52H,4-8,10-11,13-14,17,20,22-23,27,29,32-33,35,38,41-51H2,1-3H3/b12-9+,18-15+,19-16+,24-21+,26-25+,31-28+,34-30+,39-36+,40-37+. The molecule has 0 aliphatic carbocycles. The van der Waals surface area contributed by atoms with Crippen molar-refractivity contribution in [2.24, 2.45) is 0 Å². The molecule has 344 valence electrons. The van der Waals surface area contributed by atoms with Crippen LogP contribution in [0.2, 0.25) is 0 Å². The fourth-order valence-corrected chi connectivity index (χ4v) is 6.23. The molecule has 0 aromatic heterocycles. The normalized spacial score (nSPS) is 13.0. The summed E-state index contributed by atoms with van der Waals surface area (Å²) in [7, 11) is 0. The highest BCUT2D eigenvalue weighted by molar-refractivity contribution is 5.71. The Bertz CT molecular complexity index is 1290. The van der Waals surface area contributed by atoms with Crippen molar-refractivity contribution in [3.8, 4) is 0 Å². The lowest BCUT2D eigenvalue weighted by Gasteiger charge is -2.18. The zero-order chi connectivity index (χ0) is 44.4. The lowest BCUT2D eigenvalue weighted by molar-refractivity contribution is -0.167. The Morgan fingerprint density at radius 3 is 1.21 bits per heavy atom. The van der Waals surface area contributed by atoms with Gasteiger partial charge < -0.3 is 14.2 Å². The van der Waals surface area contributed by atoms with E-state index in [1.165, 1.54) is 89.9 Å². The SMILES string of the molecule is CC/C=C/C=C/C=C/C=C/C=C/CCCC(=O)OC(COC(=O)CCC/C=C/C/C=C/C/C=C/C/C=C/CCCCC)COC(=O)CCCCCCCCCCCCCCC. The van der Waals surface area contributed by atoms with E-state index in [0.29, 0.717) is 19.3 Å². The number of allylic oxidation sites excluding steroid dienone is 18. The van der Waals surface area contributed by atoms with Crippen molar-refractivity contribution in [1.82, 2.24) is 0 Å². The molecule has 1 unspecified atom stereocenters. The number of carbonyl (C=O) groups is 3. The van der Waals surface area contributed by atoms with Crippen LogP contribution in [0, 0.1) is 0 Å². The van der Waals surface area contributed by atoms with Crippen LogP contribution in [0.1, 0.15) is 201 Å². The number of rotatable bonds is 42. The molecule has 0 N–H and O–H groups in total. The Morgan fingerprint density at radius 2 is 0.721 bits per heavy atom. The van der Waals surface area contributed by atoms with E-state index in [2.05, 4.69) is 75.5 Å². The van der Waals surface area contributed by atoms with Gasteiger partial charge in [0.25, 0.3) is 0 Å². The molecule has 0 radical (unpaired) electrons. The summed E-state index contributed by atoms with van der Waals surface area (Å²) in [5.74, 6) is -1.07. The molecule has 0 aromatic carbocycles. The molecule has 0 aromatic rings. The molecule has 61 heavy (non-hydrogen) atoms. The van der Waals surface area contributed by atoms with Crippen LogP contribution in [0.3, 0.4) is 0 Å². The molecule has 0 rings (SSSR count). The molecule has 0 fully saturated rings. The summed E-state index contributed by atoms with van der Waals surface area (Å²) >= 11 is 0. The van der Waals surface area contributed by atoms with Gasteiger partial charge in [-0.3, -0.25) is 14.4 Å². The van der Waals surface area contributed by atoms with E-state index in [1.807, 2.05) is 54.7 Å². The quantitative estimate of drug-likeness (QED) is 0.0200. The van der Waals surface area contributed by atoms with Crippen LogP contribution in [0.25, 0.3) is 0 Å². The maximum atomic E-state index is 12.7. The average molecular weight is 845 g/mol. The number of unbranched alkanes of at least 4 members (excludes halogenated alkanes) is 17. The molecule has 0 heterocycles. The molecule has 0 aliphatic rings. The van der Waals surface area contributed by atoms with Crippen molar-refractivity contribution in [1.29, 1.82) is 0 Å². The van der Waals surface area contributed by atoms with Gasteiger partial charge in [0.15, 0.2) is 6.10 Å². The minimum Gasteiger partial charge on any atom is -0.462 e. The third kappa shape index (κ3) is 47.0. The van der Waals surface area contributed by atoms with Gasteiger partial charge in [-0.25, -0.2) is 0 Å². The van der Waals surface area contributed by atoms with Crippen LogP contribution < -0.4 is 0 Å². The predicted molar refractivity (Wildman–Crippen MR) is 260 cm³/mol. The molecule has 1 atom stereocenters. The Hall–Kier alpha value is -3.93. The second kappa shape index (κ2) is 48.7. The van der Waals surface area contributed by atoms with Crippen LogP contribution in [0.4, 0.5) is 0 Å². The van der Waals surface area contributed by atoms with E-state index >= 15 is 0 Å².